The zero-order valence-electron chi connectivity index (χ0n) is 10.2. The molecular weight excluding hydrogens is 214 g/mol. The van der Waals surface area contributed by atoms with E-state index < -0.39 is 0 Å². The number of aryl methyl sites for hydroxylation is 1. The number of hydrogen-bond acceptors (Lipinski definition) is 5. The molecule has 1 N–H and O–H groups in total. The third-order valence-electron chi connectivity index (χ3n) is 2.27. The monoisotopic (exact) mass is 229 g/mol. The van der Waals surface area contributed by atoms with Gasteiger partial charge in [-0.2, -0.15) is 4.98 Å². The van der Waals surface area contributed by atoms with Gasteiger partial charge in [-0.3, -0.25) is 0 Å². The van der Waals surface area contributed by atoms with Crippen LogP contribution in [-0.4, -0.2) is 29.0 Å². The second kappa shape index (κ2) is 4.78. The summed E-state index contributed by atoms with van der Waals surface area (Å²) >= 11 is 0. The van der Waals surface area contributed by atoms with Crippen molar-refractivity contribution in [2.24, 2.45) is 0 Å². The van der Waals surface area contributed by atoms with E-state index in [1.165, 1.54) is 11.9 Å². The smallest absolute Gasteiger partial charge is 0.231 e. The lowest BCUT2D eigenvalue weighted by atomic mass is 10.2. The second-order valence-corrected chi connectivity index (χ2v) is 3.99. The summed E-state index contributed by atoms with van der Waals surface area (Å²) in [7, 11) is 3.79. The van der Waals surface area contributed by atoms with Crippen molar-refractivity contribution < 1.29 is 0 Å². The molecule has 1 aromatic heterocycles. The first-order valence-electron chi connectivity index (χ1n) is 5.35. The van der Waals surface area contributed by atoms with Crippen molar-refractivity contribution in [3.8, 4) is 0 Å². The van der Waals surface area contributed by atoms with Gasteiger partial charge in [0.15, 0.2) is 0 Å². The number of hydrogen-bond donors (Lipinski definition) is 1. The molecule has 0 aliphatic carbocycles. The topological polar surface area (TPSA) is 53.9 Å². The Labute approximate surface area is 101 Å². The van der Waals surface area contributed by atoms with Crippen molar-refractivity contribution in [2.75, 3.05) is 24.3 Å². The molecule has 0 atom stereocenters. The Morgan fingerprint density at radius 3 is 2.41 bits per heavy atom. The zero-order valence-corrected chi connectivity index (χ0v) is 10.2. The molecule has 5 nitrogen and oxygen atoms in total. The SMILES string of the molecule is Cc1ccc(Nc2ncnc(N(C)C)n2)cc1. The second-order valence-electron chi connectivity index (χ2n) is 3.99. The molecule has 0 saturated heterocycles. The summed E-state index contributed by atoms with van der Waals surface area (Å²) in [5, 5.41) is 3.14. The molecule has 0 spiro atoms. The molecule has 1 aromatic carbocycles. The Hall–Kier alpha value is -2.17. The number of nitrogens with one attached hydrogen (secondary N) is 1. The summed E-state index contributed by atoms with van der Waals surface area (Å²) < 4.78 is 0. The molecule has 0 aliphatic rings. The van der Waals surface area contributed by atoms with Crippen LogP contribution >= 0.6 is 0 Å². The van der Waals surface area contributed by atoms with Crippen molar-refractivity contribution in [1.29, 1.82) is 0 Å². The number of aromatic nitrogens is 3. The number of anilines is 3. The van der Waals surface area contributed by atoms with Crippen LogP contribution in [0.15, 0.2) is 30.6 Å². The Kier molecular flexibility index (Phi) is 3.18. The van der Waals surface area contributed by atoms with Gasteiger partial charge < -0.3 is 10.2 Å². The fourth-order valence-electron chi connectivity index (χ4n) is 1.33. The maximum atomic E-state index is 4.28. The molecule has 0 unspecified atom stereocenters. The van der Waals surface area contributed by atoms with Gasteiger partial charge in [-0.1, -0.05) is 17.7 Å². The highest BCUT2D eigenvalue weighted by atomic mass is 15.3. The van der Waals surface area contributed by atoms with Gasteiger partial charge >= 0.3 is 0 Å². The molecule has 17 heavy (non-hydrogen) atoms. The van der Waals surface area contributed by atoms with Crippen LogP contribution in [0.2, 0.25) is 0 Å². The first kappa shape index (κ1) is 11.3. The van der Waals surface area contributed by atoms with Gasteiger partial charge in [0.25, 0.3) is 0 Å². The van der Waals surface area contributed by atoms with Gasteiger partial charge in [-0.15, -0.1) is 0 Å². The highest BCUT2D eigenvalue weighted by Gasteiger charge is 2.02. The third-order valence-corrected chi connectivity index (χ3v) is 2.27. The fraction of sp³-hybridized carbons (Fsp3) is 0.250. The van der Waals surface area contributed by atoms with Gasteiger partial charge in [0, 0.05) is 19.8 Å². The molecule has 0 radical (unpaired) electrons. The molecule has 2 rings (SSSR count). The van der Waals surface area contributed by atoms with Crippen molar-refractivity contribution in [1.82, 2.24) is 15.0 Å². The van der Waals surface area contributed by atoms with Crippen molar-refractivity contribution >= 4 is 17.6 Å². The van der Waals surface area contributed by atoms with Crippen LogP contribution in [0.25, 0.3) is 0 Å². The average Bonchev–Trinajstić information content (AvgIpc) is 2.32. The van der Waals surface area contributed by atoms with Crippen molar-refractivity contribution in [2.45, 2.75) is 6.92 Å². The van der Waals surface area contributed by atoms with Crippen molar-refractivity contribution in [3.63, 3.8) is 0 Å². The zero-order chi connectivity index (χ0) is 12.3. The minimum absolute atomic E-state index is 0.549. The Balaban J connectivity index is 2.18. The maximum Gasteiger partial charge on any atom is 0.231 e. The molecule has 2 aromatic rings. The van der Waals surface area contributed by atoms with E-state index in [-0.39, 0.29) is 0 Å². The van der Waals surface area contributed by atoms with E-state index in [4.69, 9.17) is 0 Å². The van der Waals surface area contributed by atoms with E-state index >= 15 is 0 Å². The van der Waals surface area contributed by atoms with E-state index in [2.05, 4.69) is 27.2 Å². The van der Waals surface area contributed by atoms with Crippen LogP contribution in [0.5, 0.6) is 0 Å². The van der Waals surface area contributed by atoms with Crippen LogP contribution in [-0.2, 0) is 0 Å². The standard InChI is InChI=1S/C12H15N5/c1-9-4-6-10(7-5-9)15-11-13-8-14-12(16-11)17(2)3/h4-8H,1-3H3,(H,13,14,15,16). The van der Waals surface area contributed by atoms with Gasteiger partial charge in [-0.25, -0.2) is 9.97 Å². The predicted molar refractivity (Wildman–Crippen MR) is 68.6 cm³/mol. The Morgan fingerprint density at radius 1 is 1.06 bits per heavy atom. The van der Waals surface area contributed by atoms with E-state index in [1.807, 2.05) is 43.3 Å². The predicted octanol–water partition coefficient (Wildman–Crippen LogP) is 1.99. The molecular formula is C12H15N5. The molecule has 0 saturated carbocycles. The molecule has 0 bridgehead atoms. The normalized spacial score (nSPS) is 10.1. The molecule has 5 heteroatoms. The average molecular weight is 229 g/mol. The number of rotatable bonds is 3. The largest absolute Gasteiger partial charge is 0.347 e. The van der Waals surface area contributed by atoms with E-state index in [1.54, 1.807) is 0 Å². The van der Waals surface area contributed by atoms with Gasteiger partial charge in [0.2, 0.25) is 11.9 Å². The third kappa shape index (κ3) is 2.90. The lowest BCUT2D eigenvalue weighted by Gasteiger charge is -2.10. The lowest BCUT2D eigenvalue weighted by molar-refractivity contribution is 0.960. The van der Waals surface area contributed by atoms with Crippen molar-refractivity contribution in [3.05, 3.63) is 36.2 Å². The van der Waals surface area contributed by atoms with Crippen LogP contribution in [0.3, 0.4) is 0 Å². The number of nitrogens with zero attached hydrogens (tertiary/aromatic N) is 4. The first-order valence-corrected chi connectivity index (χ1v) is 5.35. The van der Waals surface area contributed by atoms with Crippen LogP contribution < -0.4 is 10.2 Å². The minimum Gasteiger partial charge on any atom is -0.347 e. The Bertz CT molecular complexity index is 493. The summed E-state index contributed by atoms with van der Waals surface area (Å²) in [6, 6.07) is 8.07. The quantitative estimate of drug-likeness (QED) is 0.872. The highest BCUT2D eigenvalue weighted by molar-refractivity contribution is 5.54. The van der Waals surface area contributed by atoms with E-state index in [0.717, 1.165) is 5.69 Å². The van der Waals surface area contributed by atoms with Gasteiger partial charge in [-0.05, 0) is 19.1 Å². The summed E-state index contributed by atoms with van der Waals surface area (Å²) in [5.41, 5.74) is 2.19. The summed E-state index contributed by atoms with van der Waals surface area (Å²) in [4.78, 5) is 14.3. The van der Waals surface area contributed by atoms with E-state index in [0.29, 0.717) is 11.9 Å². The summed E-state index contributed by atoms with van der Waals surface area (Å²) in [5.74, 6) is 1.18. The van der Waals surface area contributed by atoms with Gasteiger partial charge in [0.1, 0.15) is 6.33 Å². The summed E-state index contributed by atoms with van der Waals surface area (Å²) in [6.07, 6.45) is 1.50. The van der Waals surface area contributed by atoms with Crippen LogP contribution in [0, 0.1) is 6.92 Å². The summed E-state index contributed by atoms with van der Waals surface area (Å²) in [6.45, 7) is 2.05. The van der Waals surface area contributed by atoms with Crippen LogP contribution in [0.4, 0.5) is 17.6 Å². The highest BCUT2D eigenvalue weighted by Crippen LogP contribution is 2.14. The molecule has 0 aliphatic heterocycles. The molecule has 0 amide bonds. The Morgan fingerprint density at radius 2 is 1.76 bits per heavy atom. The molecule has 88 valence electrons. The van der Waals surface area contributed by atoms with Gasteiger partial charge in [0.05, 0.1) is 0 Å². The number of benzene rings is 1. The van der Waals surface area contributed by atoms with Crippen LogP contribution in [0.1, 0.15) is 5.56 Å². The minimum atomic E-state index is 0.549. The molecule has 1 heterocycles. The van der Waals surface area contributed by atoms with E-state index in [9.17, 15) is 0 Å². The maximum absolute atomic E-state index is 4.28. The lowest BCUT2D eigenvalue weighted by Crippen LogP contribution is -2.13. The fourth-order valence-corrected chi connectivity index (χ4v) is 1.33. The first-order chi connectivity index (χ1) is 8.15. The molecule has 0 fully saturated rings.